The van der Waals surface area contributed by atoms with Crippen molar-refractivity contribution >= 4 is 17.6 Å². The zero-order valence-electron chi connectivity index (χ0n) is 19.8. The van der Waals surface area contributed by atoms with E-state index in [2.05, 4.69) is 125 Å². The SMILES string of the molecule is C1=C(c2ccc(CN(Cc3ccccc3)Cc3ccccc3)cc2)N2CCN=C2c2ccccc21. The zero-order valence-corrected chi connectivity index (χ0v) is 19.8. The van der Waals surface area contributed by atoms with Gasteiger partial charge in [-0.2, -0.15) is 0 Å². The smallest absolute Gasteiger partial charge is 0.136 e. The first-order valence-electron chi connectivity index (χ1n) is 12.4. The first-order valence-corrected chi connectivity index (χ1v) is 12.4. The van der Waals surface area contributed by atoms with Crippen molar-refractivity contribution in [2.75, 3.05) is 13.1 Å². The number of hydrogen-bond donors (Lipinski definition) is 0. The van der Waals surface area contributed by atoms with Crippen LogP contribution in [0.25, 0.3) is 11.8 Å². The van der Waals surface area contributed by atoms with Crippen molar-refractivity contribution in [3.05, 3.63) is 143 Å². The van der Waals surface area contributed by atoms with Crippen molar-refractivity contribution in [1.29, 1.82) is 0 Å². The van der Waals surface area contributed by atoms with Gasteiger partial charge in [-0.05, 0) is 33.9 Å². The summed E-state index contributed by atoms with van der Waals surface area (Å²) in [5.74, 6) is 1.11. The van der Waals surface area contributed by atoms with Crippen LogP contribution in [-0.2, 0) is 19.6 Å². The maximum absolute atomic E-state index is 4.81. The fourth-order valence-corrected chi connectivity index (χ4v) is 5.09. The molecule has 0 unspecified atom stereocenters. The lowest BCUT2D eigenvalue weighted by Gasteiger charge is -2.29. The van der Waals surface area contributed by atoms with Crippen molar-refractivity contribution in [3.63, 3.8) is 0 Å². The van der Waals surface area contributed by atoms with Crippen LogP contribution in [0.5, 0.6) is 0 Å². The Morgan fingerprint density at radius 1 is 0.629 bits per heavy atom. The van der Waals surface area contributed by atoms with Gasteiger partial charge in [-0.15, -0.1) is 0 Å². The molecule has 2 heterocycles. The van der Waals surface area contributed by atoms with E-state index < -0.39 is 0 Å². The van der Waals surface area contributed by atoms with Crippen LogP contribution in [0.4, 0.5) is 0 Å². The molecule has 0 saturated heterocycles. The molecular weight excluding hydrogens is 426 g/mol. The molecule has 2 aliphatic heterocycles. The van der Waals surface area contributed by atoms with Gasteiger partial charge in [0.1, 0.15) is 5.84 Å². The molecule has 0 fully saturated rings. The Labute approximate surface area is 207 Å². The summed E-state index contributed by atoms with van der Waals surface area (Å²) in [5, 5.41) is 0. The van der Waals surface area contributed by atoms with E-state index in [0.29, 0.717) is 0 Å². The maximum atomic E-state index is 4.81. The van der Waals surface area contributed by atoms with E-state index in [-0.39, 0.29) is 0 Å². The van der Waals surface area contributed by atoms with E-state index in [0.717, 1.165) is 38.6 Å². The lowest BCUT2D eigenvalue weighted by molar-refractivity contribution is 0.247. The molecule has 0 spiro atoms. The van der Waals surface area contributed by atoms with Gasteiger partial charge in [-0.3, -0.25) is 9.89 Å². The van der Waals surface area contributed by atoms with E-state index in [1.54, 1.807) is 0 Å². The van der Waals surface area contributed by atoms with Gasteiger partial charge in [-0.1, -0.05) is 109 Å². The molecular formula is C32H29N3. The summed E-state index contributed by atoms with van der Waals surface area (Å²) in [5.41, 5.74) is 8.99. The summed E-state index contributed by atoms with van der Waals surface area (Å²) in [4.78, 5) is 9.69. The second kappa shape index (κ2) is 9.73. The van der Waals surface area contributed by atoms with Gasteiger partial charge in [0.05, 0.1) is 12.2 Å². The summed E-state index contributed by atoms with van der Waals surface area (Å²) in [6, 6.07) is 39.2. The predicted molar refractivity (Wildman–Crippen MR) is 145 cm³/mol. The van der Waals surface area contributed by atoms with Crippen LogP contribution < -0.4 is 0 Å². The summed E-state index contributed by atoms with van der Waals surface area (Å²) >= 11 is 0. The molecule has 0 amide bonds. The lowest BCUT2D eigenvalue weighted by atomic mass is 9.97. The van der Waals surface area contributed by atoms with Crippen LogP contribution in [0.15, 0.2) is 114 Å². The number of benzene rings is 4. The highest BCUT2D eigenvalue weighted by Crippen LogP contribution is 2.33. The first kappa shape index (κ1) is 21.6. The first-order chi connectivity index (χ1) is 17.3. The second-order valence-corrected chi connectivity index (χ2v) is 9.29. The molecule has 0 N–H and O–H groups in total. The van der Waals surface area contributed by atoms with Gasteiger partial charge in [0.25, 0.3) is 0 Å². The van der Waals surface area contributed by atoms with Crippen molar-refractivity contribution in [2.24, 2.45) is 4.99 Å². The Hall–Kier alpha value is -3.95. The van der Waals surface area contributed by atoms with Crippen molar-refractivity contribution < 1.29 is 0 Å². The highest BCUT2D eigenvalue weighted by atomic mass is 15.3. The van der Waals surface area contributed by atoms with Crippen LogP contribution in [-0.4, -0.2) is 28.7 Å². The third-order valence-electron chi connectivity index (χ3n) is 6.78. The van der Waals surface area contributed by atoms with E-state index in [4.69, 9.17) is 4.99 Å². The molecule has 0 saturated carbocycles. The number of hydrogen-bond acceptors (Lipinski definition) is 3. The minimum absolute atomic E-state index is 0.854. The van der Waals surface area contributed by atoms with Gasteiger partial charge in [0, 0.05) is 31.7 Å². The standard InChI is InChI=1S/C32H29N3/c1-3-9-25(10-4-1)22-34(23-26-11-5-2-6-12-26)24-27-15-17-28(18-16-27)31-21-29-13-7-8-14-30(29)32-33-19-20-35(31)32/h1-18,21H,19-20,22-24H2. The monoisotopic (exact) mass is 455 g/mol. The Balaban J connectivity index is 1.24. The average molecular weight is 456 g/mol. The highest BCUT2D eigenvalue weighted by molar-refractivity contribution is 6.12. The molecule has 3 nitrogen and oxygen atoms in total. The minimum Gasteiger partial charge on any atom is -0.324 e. The number of fused-ring (bicyclic) bond motifs is 3. The molecule has 4 aromatic rings. The van der Waals surface area contributed by atoms with E-state index in [9.17, 15) is 0 Å². The quantitative estimate of drug-likeness (QED) is 0.318. The number of aliphatic imine (C=N–C) groups is 1. The zero-order chi connectivity index (χ0) is 23.5. The Morgan fingerprint density at radius 2 is 1.20 bits per heavy atom. The summed E-state index contributed by atoms with van der Waals surface area (Å²) < 4.78 is 0. The molecule has 2 aliphatic rings. The van der Waals surface area contributed by atoms with Crippen molar-refractivity contribution in [3.8, 4) is 0 Å². The topological polar surface area (TPSA) is 18.8 Å². The van der Waals surface area contributed by atoms with E-state index in [1.807, 2.05) is 0 Å². The number of nitrogens with zero attached hydrogens (tertiary/aromatic N) is 3. The van der Waals surface area contributed by atoms with Gasteiger partial charge in [0.15, 0.2) is 0 Å². The van der Waals surface area contributed by atoms with Crippen LogP contribution >= 0.6 is 0 Å². The normalized spacial score (nSPS) is 14.4. The summed E-state index contributed by atoms with van der Waals surface area (Å²) in [6.07, 6.45) is 2.31. The highest BCUT2D eigenvalue weighted by Gasteiger charge is 2.28. The molecule has 0 radical (unpaired) electrons. The fraction of sp³-hybridized carbons (Fsp3) is 0.156. The average Bonchev–Trinajstić information content (AvgIpc) is 3.40. The molecule has 0 atom stereocenters. The van der Waals surface area contributed by atoms with Gasteiger partial charge in [0.2, 0.25) is 0 Å². The maximum Gasteiger partial charge on any atom is 0.136 e. The van der Waals surface area contributed by atoms with Gasteiger partial charge >= 0.3 is 0 Å². The predicted octanol–water partition coefficient (Wildman–Crippen LogP) is 6.46. The molecule has 3 heteroatoms. The third-order valence-corrected chi connectivity index (χ3v) is 6.78. The fourth-order valence-electron chi connectivity index (χ4n) is 5.09. The lowest BCUT2D eigenvalue weighted by Crippen LogP contribution is -2.30. The molecule has 0 bridgehead atoms. The largest absolute Gasteiger partial charge is 0.324 e. The van der Waals surface area contributed by atoms with Gasteiger partial charge in [-0.25, -0.2) is 0 Å². The van der Waals surface area contributed by atoms with Crippen LogP contribution in [0.1, 0.15) is 33.4 Å². The molecule has 172 valence electrons. The molecule has 0 aromatic heterocycles. The van der Waals surface area contributed by atoms with Gasteiger partial charge < -0.3 is 4.90 Å². The number of amidine groups is 1. The second-order valence-electron chi connectivity index (χ2n) is 9.29. The summed E-state index contributed by atoms with van der Waals surface area (Å²) in [6.45, 7) is 4.55. The Kier molecular flexibility index (Phi) is 6.00. The third kappa shape index (κ3) is 4.68. The molecule has 6 rings (SSSR count). The molecule has 4 aromatic carbocycles. The van der Waals surface area contributed by atoms with Crippen molar-refractivity contribution in [1.82, 2.24) is 9.80 Å². The minimum atomic E-state index is 0.854. The van der Waals surface area contributed by atoms with Crippen molar-refractivity contribution in [2.45, 2.75) is 19.6 Å². The summed E-state index contributed by atoms with van der Waals surface area (Å²) in [7, 11) is 0. The van der Waals surface area contributed by atoms with E-state index in [1.165, 1.54) is 39.1 Å². The van der Waals surface area contributed by atoms with E-state index >= 15 is 0 Å². The Morgan fingerprint density at radius 3 is 1.86 bits per heavy atom. The Bertz CT molecular complexity index is 1310. The molecule has 35 heavy (non-hydrogen) atoms. The van der Waals surface area contributed by atoms with Crippen LogP contribution in [0.3, 0.4) is 0 Å². The van der Waals surface area contributed by atoms with Crippen LogP contribution in [0, 0.1) is 0 Å². The van der Waals surface area contributed by atoms with Crippen LogP contribution in [0.2, 0.25) is 0 Å². The molecule has 0 aliphatic carbocycles. The number of rotatable bonds is 7.